The van der Waals surface area contributed by atoms with Gasteiger partial charge in [0, 0.05) is 11.0 Å². The van der Waals surface area contributed by atoms with E-state index in [0.29, 0.717) is 13.0 Å². The second-order valence-corrected chi connectivity index (χ2v) is 5.63. The lowest BCUT2D eigenvalue weighted by molar-refractivity contribution is -0.122. The van der Waals surface area contributed by atoms with Crippen molar-refractivity contribution in [3.8, 4) is 0 Å². The van der Waals surface area contributed by atoms with Crippen LogP contribution in [0.15, 0.2) is 28.7 Å². The van der Waals surface area contributed by atoms with Crippen molar-refractivity contribution in [3.63, 3.8) is 0 Å². The van der Waals surface area contributed by atoms with E-state index in [4.69, 9.17) is 5.73 Å². The van der Waals surface area contributed by atoms with Crippen LogP contribution in [0.1, 0.15) is 12.0 Å². The third-order valence-corrected chi connectivity index (χ3v) is 3.52. The molecular formula is C12H18BrClN2OS. The van der Waals surface area contributed by atoms with Gasteiger partial charge in [-0.05, 0) is 36.1 Å². The molecule has 3 nitrogen and oxygen atoms in total. The molecule has 1 amide bonds. The van der Waals surface area contributed by atoms with Crippen molar-refractivity contribution in [2.75, 3.05) is 12.0 Å². The van der Waals surface area contributed by atoms with Crippen molar-refractivity contribution in [3.05, 3.63) is 34.3 Å². The molecule has 0 aromatic heterocycles. The van der Waals surface area contributed by atoms with Crippen LogP contribution in [0.2, 0.25) is 0 Å². The molecule has 3 N–H and O–H groups in total. The van der Waals surface area contributed by atoms with Crippen LogP contribution in [-0.2, 0) is 11.3 Å². The first-order valence-corrected chi connectivity index (χ1v) is 7.59. The summed E-state index contributed by atoms with van der Waals surface area (Å²) in [6.07, 6.45) is 2.72. The first kappa shape index (κ1) is 17.8. The van der Waals surface area contributed by atoms with E-state index in [9.17, 15) is 4.79 Å². The molecule has 0 radical (unpaired) electrons. The van der Waals surface area contributed by atoms with E-state index in [-0.39, 0.29) is 18.3 Å². The van der Waals surface area contributed by atoms with Crippen LogP contribution in [0.25, 0.3) is 0 Å². The molecule has 6 heteroatoms. The highest BCUT2D eigenvalue weighted by atomic mass is 79.9. The Bertz CT molecular complexity index is 362. The summed E-state index contributed by atoms with van der Waals surface area (Å²) in [4.78, 5) is 11.6. The van der Waals surface area contributed by atoms with Crippen LogP contribution in [0.5, 0.6) is 0 Å². The van der Waals surface area contributed by atoms with E-state index >= 15 is 0 Å². The van der Waals surface area contributed by atoms with E-state index in [0.717, 1.165) is 15.8 Å². The van der Waals surface area contributed by atoms with Crippen molar-refractivity contribution in [1.82, 2.24) is 5.32 Å². The SMILES string of the molecule is CSCC[C@H](N)C(=O)NCc1ccc(Br)cc1.Cl. The van der Waals surface area contributed by atoms with Gasteiger partial charge in [0.15, 0.2) is 0 Å². The maximum atomic E-state index is 11.6. The number of hydrogen-bond donors (Lipinski definition) is 2. The van der Waals surface area contributed by atoms with Crippen LogP contribution in [0, 0.1) is 0 Å². The standard InChI is InChI=1S/C12H17BrN2OS.ClH/c1-17-7-6-11(14)12(16)15-8-9-2-4-10(13)5-3-9;/h2-5,11H,6-8,14H2,1H3,(H,15,16);1H/t11-;/m0./s1. The van der Waals surface area contributed by atoms with Crippen LogP contribution < -0.4 is 11.1 Å². The van der Waals surface area contributed by atoms with Gasteiger partial charge in [0.05, 0.1) is 6.04 Å². The lowest BCUT2D eigenvalue weighted by Gasteiger charge is -2.11. The molecule has 0 saturated carbocycles. The van der Waals surface area contributed by atoms with Gasteiger partial charge < -0.3 is 11.1 Å². The van der Waals surface area contributed by atoms with E-state index in [1.807, 2.05) is 30.5 Å². The van der Waals surface area contributed by atoms with Crippen LogP contribution in [0.4, 0.5) is 0 Å². The second-order valence-electron chi connectivity index (χ2n) is 3.73. The number of rotatable bonds is 6. The molecule has 1 rings (SSSR count). The number of thioether (sulfide) groups is 1. The van der Waals surface area contributed by atoms with Crippen molar-refractivity contribution in [1.29, 1.82) is 0 Å². The number of amides is 1. The van der Waals surface area contributed by atoms with Gasteiger partial charge in [-0.15, -0.1) is 12.4 Å². The van der Waals surface area contributed by atoms with E-state index in [2.05, 4.69) is 21.2 Å². The van der Waals surface area contributed by atoms with Crippen molar-refractivity contribution in [2.24, 2.45) is 5.73 Å². The summed E-state index contributed by atoms with van der Waals surface area (Å²) in [7, 11) is 0. The minimum Gasteiger partial charge on any atom is -0.351 e. The smallest absolute Gasteiger partial charge is 0.237 e. The Morgan fingerprint density at radius 3 is 2.61 bits per heavy atom. The zero-order valence-corrected chi connectivity index (χ0v) is 13.4. The number of carbonyl (C=O) groups is 1. The quantitative estimate of drug-likeness (QED) is 0.826. The van der Waals surface area contributed by atoms with Crippen LogP contribution >= 0.6 is 40.1 Å². The van der Waals surface area contributed by atoms with Gasteiger partial charge in [0.25, 0.3) is 0 Å². The fourth-order valence-electron chi connectivity index (χ4n) is 1.30. The van der Waals surface area contributed by atoms with Crippen molar-refractivity contribution in [2.45, 2.75) is 19.0 Å². The van der Waals surface area contributed by atoms with E-state index < -0.39 is 6.04 Å². The predicted molar refractivity (Wildman–Crippen MR) is 84.2 cm³/mol. The fourth-order valence-corrected chi connectivity index (χ4v) is 2.05. The maximum Gasteiger partial charge on any atom is 0.237 e. The number of nitrogens with one attached hydrogen (secondary N) is 1. The molecule has 0 spiro atoms. The van der Waals surface area contributed by atoms with Gasteiger partial charge in [0.1, 0.15) is 0 Å². The molecule has 0 bridgehead atoms. The molecule has 102 valence electrons. The second kappa shape index (κ2) is 9.67. The first-order valence-electron chi connectivity index (χ1n) is 5.40. The summed E-state index contributed by atoms with van der Waals surface area (Å²) < 4.78 is 1.03. The molecule has 0 saturated heterocycles. The molecule has 0 unspecified atom stereocenters. The largest absolute Gasteiger partial charge is 0.351 e. The molecule has 0 aliphatic heterocycles. The Labute approximate surface area is 127 Å². The summed E-state index contributed by atoms with van der Waals surface area (Å²) in [5.41, 5.74) is 6.83. The molecule has 0 aliphatic rings. The first-order chi connectivity index (χ1) is 8.13. The molecule has 1 aromatic carbocycles. The van der Waals surface area contributed by atoms with E-state index in [1.54, 1.807) is 11.8 Å². The fraction of sp³-hybridized carbons (Fsp3) is 0.417. The lowest BCUT2D eigenvalue weighted by atomic mass is 10.2. The molecule has 0 aliphatic carbocycles. The topological polar surface area (TPSA) is 55.1 Å². The van der Waals surface area contributed by atoms with Gasteiger partial charge in [-0.3, -0.25) is 4.79 Å². The third kappa shape index (κ3) is 6.64. The van der Waals surface area contributed by atoms with E-state index in [1.165, 1.54) is 0 Å². The van der Waals surface area contributed by atoms with Gasteiger partial charge in [-0.25, -0.2) is 0 Å². The predicted octanol–water partition coefficient (Wildman–Crippen LogP) is 2.57. The molecule has 0 fully saturated rings. The number of nitrogens with two attached hydrogens (primary N) is 1. The average molecular weight is 354 g/mol. The van der Waals surface area contributed by atoms with Gasteiger partial charge >= 0.3 is 0 Å². The summed E-state index contributed by atoms with van der Waals surface area (Å²) in [5, 5.41) is 2.84. The number of carbonyl (C=O) groups excluding carboxylic acids is 1. The molecule has 0 heterocycles. The zero-order valence-electron chi connectivity index (χ0n) is 10.2. The lowest BCUT2D eigenvalue weighted by Crippen LogP contribution is -2.40. The highest BCUT2D eigenvalue weighted by molar-refractivity contribution is 9.10. The van der Waals surface area contributed by atoms with Gasteiger partial charge in [-0.1, -0.05) is 28.1 Å². The molecule has 1 aromatic rings. The Morgan fingerprint density at radius 1 is 1.44 bits per heavy atom. The maximum absolute atomic E-state index is 11.6. The van der Waals surface area contributed by atoms with Gasteiger partial charge in [0.2, 0.25) is 5.91 Å². The Balaban J connectivity index is 0.00000289. The Morgan fingerprint density at radius 2 is 2.06 bits per heavy atom. The average Bonchev–Trinajstić information content (AvgIpc) is 2.34. The number of benzene rings is 1. The monoisotopic (exact) mass is 352 g/mol. The summed E-state index contributed by atoms with van der Waals surface area (Å²) in [5.74, 6) is 0.828. The van der Waals surface area contributed by atoms with Crippen molar-refractivity contribution >= 4 is 46.0 Å². The minimum atomic E-state index is -0.405. The Kier molecular flexibility index (Phi) is 9.54. The highest BCUT2D eigenvalue weighted by Gasteiger charge is 2.11. The third-order valence-electron chi connectivity index (χ3n) is 2.35. The highest BCUT2D eigenvalue weighted by Crippen LogP contribution is 2.10. The number of hydrogen-bond acceptors (Lipinski definition) is 3. The zero-order chi connectivity index (χ0) is 12.7. The van der Waals surface area contributed by atoms with Crippen molar-refractivity contribution < 1.29 is 4.79 Å². The Hall–Kier alpha value is -0.230. The summed E-state index contributed by atoms with van der Waals surface area (Å²) in [6, 6.07) is 7.44. The van der Waals surface area contributed by atoms with Crippen LogP contribution in [0.3, 0.4) is 0 Å². The summed E-state index contributed by atoms with van der Waals surface area (Å²) in [6.45, 7) is 0.527. The molecular weight excluding hydrogens is 336 g/mol. The normalized spacial score (nSPS) is 11.5. The summed E-state index contributed by atoms with van der Waals surface area (Å²) >= 11 is 5.07. The minimum absolute atomic E-state index is 0. The number of halogens is 2. The van der Waals surface area contributed by atoms with Crippen LogP contribution in [-0.4, -0.2) is 24.0 Å². The molecule has 1 atom stereocenters. The van der Waals surface area contributed by atoms with Gasteiger partial charge in [-0.2, -0.15) is 11.8 Å². The molecule has 18 heavy (non-hydrogen) atoms.